The smallest absolute Gasteiger partial charge is 0.295 e. The third-order valence-corrected chi connectivity index (χ3v) is 6.39. The normalized spacial score (nSPS) is 11.1. The fourth-order valence-corrected chi connectivity index (χ4v) is 4.47. The molecular weight excluding hydrogens is 546 g/mol. The van der Waals surface area contributed by atoms with E-state index in [1.54, 1.807) is 30.3 Å². The van der Waals surface area contributed by atoms with Gasteiger partial charge < -0.3 is 5.32 Å². The Hall–Kier alpha value is -1.51. The van der Waals surface area contributed by atoms with Gasteiger partial charge in [0, 0.05) is 70.4 Å². The molecule has 3 aromatic carbocycles. The fraction of sp³-hybridized carbons (Fsp3) is 0. The van der Waals surface area contributed by atoms with Crippen molar-refractivity contribution in [2.24, 2.45) is 4.99 Å². The third kappa shape index (κ3) is 8.80. The van der Waals surface area contributed by atoms with E-state index in [2.05, 4.69) is 27.7 Å². The molecule has 0 aliphatic rings. The number of aliphatic imine (C=N–C) groups is 1. The number of nitrogens with one attached hydrogen (secondary N) is 1. The molecule has 0 aliphatic carbocycles. The van der Waals surface area contributed by atoms with Crippen LogP contribution in [-0.4, -0.2) is 96.1 Å². The molecule has 176 valence electrons. The average molecular weight is 563 g/mol. The van der Waals surface area contributed by atoms with E-state index in [1.165, 1.54) is 36.4 Å². The molecule has 9 nitrogen and oxygen atoms in total. The molecule has 3 N–H and O–H groups in total. The quantitative estimate of drug-likeness (QED) is 0.130. The van der Waals surface area contributed by atoms with Crippen molar-refractivity contribution in [1.82, 2.24) is 0 Å². The molecule has 0 heterocycles. The van der Waals surface area contributed by atoms with Gasteiger partial charge in [-0.15, -0.1) is 0 Å². The van der Waals surface area contributed by atoms with Crippen LogP contribution >= 0.6 is 12.2 Å². The number of thiocarbonyl (C=S) groups is 1. The van der Waals surface area contributed by atoms with E-state index < -0.39 is 35.9 Å². The summed E-state index contributed by atoms with van der Waals surface area (Å²) in [6.45, 7) is 0. The van der Waals surface area contributed by atoms with Crippen LogP contribution in [0.1, 0.15) is 21.5 Å². The first-order valence-corrected chi connectivity index (χ1v) is 12.6. The van der Waals surface area contributed by atoms with Gasteiger partial charge in [0.05, 0.1) is 10.8 Å². The van der Waals surface area contributed by atoms with E-state index in [1.807, 2.05) is 0 Å². The van der Waals surface area contributed by atoms with Gasteiger partial charge in [-0.3, -0.25) is 13.9 Å². The van der Waals surface area contributed by atoms with Crippen molar-refractivity contribution in [3.8, 4) is 0 Å². The summed E-state index contributed by atoms with van der Waals surface area (Å²) in [5.74, 6) is -0.484. The Morgan fingerprint density at radius 2 is 1.36 bits per heavy atom. The molecule has 3 rings (SSSR count). The minimum absolute atomic E-state index is 0. The van der Waals surface area contributed by atoms with Crippen molar-refractivity contribution in [2.45, 2.75) is 9.79 Å². The maximum Gasteiger partial charge on any atom is 0.295 e. The van der Waals surface area contributed by atoms with Gasteiger partial charge in [-0.25, -0.2) is 0 Å². The first-order chi connectivity index (χ1) is 16.0. The van der Waals surface area contributed by atoms with Gasteiger partial charge in [-0.2, -0.15) is 21.8 Å². The Bertz CT molecular complexity index is 1550. The SMILES string of the molecule is O=C(Nc1ccc(C=Cc2ccc(N=C=S)cc2S(=O)(=O)O)c(S(=O)(=O)O)c1)c1ccccc1.[Na].[Na]. The summed E-state index contributed by atoms with van der Waals surface area (Å²) >= 11 is 4.48. The average Bonchev–Trinajstić information content (AvgIpc) is 2.78. The summed E-state index contributed by atoms with van der Waals surface area (Å²) in [4.78, 5) is 15.0. The Balaban J connectivity index is 0.00000324. The van der Waals surface area contributed by atoms with E-state index >= 15 is 0 Å². The molecule has 0 aromatic heterocycles. The Labute approximate surface area is 257 Å². The molecule has 36 heavy (non-hydrogen) atoms. The summed E-state index contributed by atoms with van der Waals surface area (Å²) in [5, 5.41) is 4.63. The van der Waals surface area contributed by atoms with Crippen molar-refractivity contribution in [3.05, 3.63) is 83.4 Å². The zero-order chi connectivity index (χ0) is 24.9. The monoisotopic (exact) mass is 562 g/mol. The van der Waals surface area contributed by atoms with Gasteiger partial charge in [0.1, 0.15) is 9.79 Å². The van der Waals surface area contributed by atoms with Crippen LogP contribution in [0.4, 0.5) is 11.4 Å². The predicted octanol–water partition coefficient (Wildman–Crippen LogP) is 3.58. The molecule has 0 unspecified atom stereocenters. The van der Waals surface area contributed by atoms with E-state index in [0.29, 0.717) is 5.56 Å². The Morgan fingerprint density at radius 1 is 0.833 bits per heavy atom. The molecule has 0 spiro atoms. The van der Waals surface area contributed by atoms with Crippen molar-refractivity contribution in [2.75, 3.05) is 5.32 Å². The minimum atomic E-state index is -4.72. The van der Waals surface area contributed by atoms with Crippen LogP contribution in [0.15, 0.2) is 81.5 Å². The third-order valence-electron chi connectivity index (χ3n) is 4.48. The summed E-state index contributed by atoms with van der Waals surface area (Å²) in [7, 11) is -9.37. The molecule has 2 radical (unpaired) electrons. The fourth-order valence-electron chi connectivity index (χ4n) is 2.95. The minimum Gasteiger partial charge on any atom is -0.322 e. The number of carbonyl (C=O) groups excluding carboxylic acids is 1. The molecule has 0 atom stereocenters. The number of benzene rings is 3. The predicted molar refractivity (Wildman–Crippen MR) is 142 cm³/mol. The summed E-state index contributed by atoms with van der Waals surface area (Å²) in [6, 6.07) is 15.8. The summed E-state index contributed by atoms with van der Waals surface area (Å²) in [6.07, 6.45) is 2.47. The van der Waals surface area contributed by atoms with E-state index in [0.717, 1.165) is 12.1 Å². The second kappa shape index (κ2) is 13.9. The van der Waals surface area contributed by atoms with E-state index in [-0.39, 0.29) is 81.6 Å². The van der Waals surface area contributed by atoms with Crippen molar-refractivity contribution in [3.63, 3.8) is 0 Å². The van der Waals surface area contributed by atoms with Crippen molar-refractivity contribution >= 4 is 126 Å². The molecule has 0 saturated carbocycles. The number of amides is 1. The molecule has 3 aromatic rings. The summed E-state index contributed by atoms with van der Waals surface area (Å²) in [5.41, 5.74) is 0.617. The number of rotatable bonds is 7. The second-order valence-electron chi connectivity index (χ2n) is 6.78. The first kappa shape index (κ1) is 32.5. The number of isothiocyanates is 1. The standard InChI is InChI=1S/C22H16N2O7S3.2Na/c25-22(17-4-2-1-3-5-17)24-19-11-9-16(21(13-19)34(29,30)31)7-6-15-8-10-18(23-14-32)12-20(15)33(26,27)28;;/h1-13H,(H,24,25)(H,26,27,28)(H,29,30,31);;. The molecule has 0 bridgehead atoms. The Morgan fingerprint density at radius 3 is 1.89 bits per heavy atom. The number of anilines is 1. The Kier molecular flexibility index (Phi) is 12.5. The van der Waals surface area contributed by atoms with Crippen LogP contribution < -0.4 is 5.32 Å². The van der Waals surface area contributed by atoms with Crippen LogP contribution in [0.3, 0.4) is 0 Å². The van der Waals surface area contributed by atoms with Crippen LogP contribution in [0, 0.1) is 0 Å². The first-order valence-electron chi connectivity index (χ1n) is 9.34. The zero-order valence-corrected chi connectivity index (χ0v) is 25.6. The topological polar surface area (TPSA) is 150 Å². The summed E-state index contributed by atoms with van der Waals surface area (Å²) < 4.78 is 66.7. The van der Waals surface area contributed by atoms with Gasteiger partial charge in [-0.1, -0.05) is 42.5 Å². The number of carbonyl (C=O) groups is 1. The van der Waals surface area contributed by atoms with Gasteiger partial charge >= 0.3 is 0 Å². The van der Waals surface area contributed by atoms with Gasteiger partial charge in [0.25, 0.3) is 26.1 Å². The molecule has 14 heteroatoms. The van der Waals surface area contributed by atoms with E-state index in [4.69, 9.17) is 0 Å². The number of hydrogen-bond acceptors (Lipinski definition) is 7. The van der Waals surface area contributed by atoms with Gasteiger partial charge in [-0.05, 0) is 59.7 Å². The number of hydrogen-bond donors (Lipinski definition) is 3. The van der Waals surface area contributed by atoms with Crippen LogP contribution in [0.5, 0.6) is 0 Å². The second-order valence-corrected chi connectivity index (χ2v) is 9.74. The largest absolute Gasteiger partial charge is 0.322 e. The van der Waals surface area contributed by atoms with Crippen LogP contribution in [0.2, 0.25) is 0 Å². The van der Waals surface area contributed by atoms with Crippen LogP contribution in [-0.2, 0) is 20.2 Å². The van der Waals surface area contributed by atoms with E-state index in [9.17, 15) is 30.7 Å². The molecular formula is C22H16N2Na2O7S3. The van der Waals surface area contributed by atoms with Gasteiger partial charge in [0.2, 0.25) is 0 Å². The molecule has 1 amide bonds. The van der Waals surface area contributed by atoms with Crippen molar-refractivity contribution < 1.29 is 30.7 Å². The maximum absolute atomic E-state index is 12.3. The zero-order valence-electron chi connectivity index (χ0n) is 19.1. The number of nitrogens with zero attached hydrogens (tertiary/aromatic N) is 1. The molecule has 0 fully saturated rings. The molecule has 0 saturated heterocycles. The van der Waals surface area contributed by atoms with Gasteiger partial charge in [0.15, 0.2) is 0 Å². The maximum atomic E-state index is 12.3. The van der Waals surface area contributed by atoms with Crippen LogP contribution in [0.25, 0.3) is 12.2 Å². The van der Waals surface area contributed by atoms with Crippen molar-refractivity contribution in [1.29, 1.82) is 0 Å². The molecule has 0 aliphatic heterocycles.